The van der Waals surface area contributed by atoms with Gasteiger partial charge >= 0.3 is 0 Å². The Morgan fingerprint density at radius 3 is 2.76 bits per heavy atom. The smallest absolute Gasteiger partial charge is 0.291 e. The second-order valence-electron chi connectivity index (χ2n) is 7.10. The van der Waals surface area contributed by atoms with Crippen molar-refractivity contribution in [1.82, 2.24) is 4.90 Å². The van der Waals surface area contributed by atoms with E-state index >= 15 is 0 Å². The number of furan rings is 1. The number of anilines is 1. The van der Waals surface area contributed by atoms with Crippen LogP contribution in [0.5, 0.6) is 0 Å². The van der Waals surface area contributed by atoms with Gasteiger partial charge in [0.2, 0.25) is 0 Å². The highest BCUT2D eigenvalue weighted by Gasteiger charge is 2.32. The fraction of sp³-hybridized carbons (Fsp3) is 0.400. The summed E-state index contributed by atoms with van der Waals surface area (Å²) in [5.74, 6) is 1.53. The maximum atomic E-state index is 12.8. The largest absolute Gasteiger partial charge is 0.459 e. The summed E-state index contributed by atoms with van der Waals surface area (Å²) in [7, 11) is 0. The maximum Gasteiger partial charge on any atom is 0.291 e. The normalized spacial score (nSPS) is 19.8. The zero-order valence-electron chi connectivity index (χ0n) is 14.1. The van der Waals surface area contributed by atoms with Crippen molar-refractivity contribution < 1.29 is 14.0 Å². The fourth-order valence-electron chi connectivity index (χ4n) is 3.55. The number of likely N-dealkylation sites (tertiary alicyclic amines) is 1. The molecule has 2 aliphatic rings. The molecule has 1 saturated carbocycles. The van der Waals surface area contributed by atoms with Gasteiger partial charge in [0.15, 0.2) is 5.76 Å². The van der Waals surface area contributed by atoms with Crippen LogP contribution < -0.4 is 5.32 Å². The van der Waals surface area contributed by atoms with Gasteiger partial charge in [-0.25, -0.2) is 0 Å². The first kappa shape index (κ1) is 15.9. The molecule has 25 heavy (non-hydrogen) atoms. The Balaban J connectivity index is 1.40. The standard InChI is InChI=1S/C20H22N2O3/c23-19(18-5-2-10-25-18)21-17-4-1-3-16(12-17)20(24)22-9-8-15(13-22)11-14-6-7-14/h1-5,10,12,14-15H,6-9,11,13H2,(H,21,23)/t15-/m1/s1. The van der Waals surface area contributed by atoms with Crippen LogP contribution in [0.3, 0.4) is 0 Å². The van der Waals surface area contributed by atoms with Gasteiger partial charge in [-0.05, 0) is 55.0 Å². The fourth-order valence-corrected chi connectivity index (χ4v) is 3.55. The summed E-state index contributed by atoms with van der Waals surface area (Å²) in [5, 5.41) is 2.77. The monoisotopic (exact) mass is 338 g/mol. The number of hydrogen-bond acceptors (Lipinski definition) is 3. The first-order valence-electron chi connectivity index (χ1n) is 8.93. The molecule has 1 aromatic carbocycles. The lowest BCUT2D eigenvalue weighted by atomic mass is 10.0. The highest BCUT2D eigenvalue weighted by molar-refractivity contribution is 6.03. The van der Waals surface area contributed by atoms with Gasteiger partial charge in [0.1, 0.15) is 0 Å². The van der Waals surface area contributed by atoms with Crippen molar-refractivity contribution in [3.8, 4) is 0 Å². The predicted molar refractivity (Wildman–Crippen MR) is 94.5 cm³/mol. The van der Waals surface area contributed by atoms with Gasteiger partial charge in [-0.15, -0.1) is 0 Å². The third-order valence-corrected chi connectivity index (χ3v) is 5.05. The van der Waals surface area contributed by atoms with Crippen molar-refractivity contribution >= 4 is 17.5 Å². The number of rotatable bonds is 5. The van der Waals surface area contributed by atoms with Crippen LogP contribution in [0, 0.1) is 11.8 Å². The molecule has 5 nitrogen and oxygen atoms in total. The summed E-state index contributed by atoms with van der Waals surface area (Å²) >= 11 is 0. The Hall–Kier alpha value is -2.56. The highest BCUT2D eigenvalue weighted by atomic mass is 16.3. The average Bonchev–Trinajstić information content (AvgIpc) is 3.09. The van der Waals surface area contributed by atoms with Crippen molar-refractivity contribution in [2.24, 2.45) is 11.8 Å². The average molecular weight is 338 g/mol. The van der Waals surface area contributed by atoms with E-state index in [2.05, 4.69) is 5.32 Å². The molecule has 0 radical (unpaired) electrons. The van der Waals surface area contributed by atoms with E-state index in [4.69, 9.17) is 4.42 Å². The van der Waals surface area contributed by atoms with Crippen LogP contribution in [0.2, 0.25) is 0 Å². The Morgan fingerprint density at radius 1 is 1.12 bits per heavy atom. The molecular weight excluding hydrogens is 316 g/mol. The number of benzene rings is 1. The molecule has 2 amide bonds. The van der Waals surface area contributed by atoms with Gasteiger partial charge in [-0.3, -0.25) is 9.59 Å². The van der Waals surface area contributed by atoms with Crippen LogP contribution in [-0.4, -0.2) is 29.8 Å². The first-order chi connectivity index (χ1) is 12.2. The number of hydrogen-bond donors (Lipinski definition) is 1. The molecule has 0 spiro atoms. The summed E-state index contributed by atoms with van der Waals surface area (Å²) in [5.41, 5.74) is 1.21. The van der Waals surface area contributed by atoms with E-state index in [0.717, 1.165) is 25.4 Å². The maximum absolute atomic E-state index is 12.8. The van der Waals surface area contributed by atoms with Gasteiger partial charge in [-0.2, -0.15) is 0 Å². The first-order valence-corrected chi connectivity index (χ1v) is 8.93. The minimum Gasteiger partial charge on any atom is -0.459 e. The van der Waals surface area contributed by atoms with Crippen LogP contribution in [0.1, 0.15) is 46.6 Å². The van der Waals surface area contributed by atoms with Crippen LogP contribution >= 0.6 is 0 Å². The van der Waals surface area contributed by atoms with Gasteiger partial charge in [0, 0.05) is 24.3 Å². The molecular formula is C20H22N2O3. The summed E-state index contributed by atoms with van der Waals surface area (Å²) in [6.45, 7) is 1.69. The van der Waals surface area contributed by atoms with Gasteiger partial charge < -0.3 is 14.6 Å². The lowest BCUT2D eigenvalue weighted by Crippen LogP contribution is -2.28. The lowest BCUT2D eigenvalue weighted by molar-refractivity contribution is 0.0785. The van der Waals surface area contributed by atoms with Crippen molar-refractivity contribution in [3.63, 3.8) is 0 Å². The molecule has 4 rings (SSSR count). The second-order valence-corrected chi connectivity index (χ2v) is 7.10. The Morgan fingerprint density at radius 2 is 2.00 bits per heavy atom. The molecule has 0 unspecified atom stereocenters. The summed E-state index contributed by atoms with van der Waals surface area (Å²) in [6, 6.07) is 10.4. The van der Waals surface area contributed by atoms with Gasteiger partial charge in [-0.1, -0.05) is 18.9 Å². The van der Waals surface area contributed by atoms with Crippen molar-refractivity contribution in [1.29, 1.82) is 0 Å². The second kappa shape index (κ2) is 6.75. The van der Waals surface area contributed by atoms with Crippen molar-refractivity contribution in [2.75, 3.05) is 18.4 Å². The molecule has 5 heteroatoms. The lowest BCUT2D eigenvalue weighted by Gasteiger charge is -2.17. The molecule has 2 aromatic rings. The molecule has 1 saturated heterocycles. The molecule has 2 fully saturated rings. The molecule has 2 heterocycles. The number of nitrogens with one attached hydrogen (secondary N) is 1. The summed E-state index contributed by atoms with van der Waals surface area (Å²) in [6.07, 6.45) is 6.56. The molecule has 1 aromatic heterocycles. The quantitative estimate of drug-likeness (QED) is 0.902. The number of nitrogens with zero attached hydrogens (tertiary/aromatic N) is 1. The number of amides is 2. The van der Waals surface area contributed by atoms with Crippen LogP contribution in [0.15, 0.2) is 47.1 Å². The topological polar surface area (TPSA) is 62.6 Å². The van der Waals surface area contributed by atoms with E-state index < -0.39 is 0 Å². The van der Waals surface area contributed by atoms with E-state index in [1.165, 1.54) is 25.5 Å². The molecule has 1 N–H and O–H groups in total. The minimum absolute atomic E-state index is 0.0485. The van der Waals surface area contributed by atoms with E-state index in [0.29, 0.717) is 17.2 Å². The van der Waals surface area contributed by atoms with E-state index in [-0.39, 0.29) is 17.6 Å². The van der Waals surface area contributed by atoms with E-state index in [1.54, 1.807) is 36.4 Å². The van der Waals surface area contributed by atoms with Crippen LogP contribution in [0.4, 0.5) is 5.69 Å². The zero-order valence-corrected chi connectivity index (χ0v) is 14.1. The Labute approximate surface area is 147 Å². The molecule has 1 aliphatic carbocycles. The SMILES string of the molecule is O=C(Nc1cccc(C(=O)N2CC[C@H](CC3CC3)C2)c1)c1ccco1. The Bertz CT molecular complexity index is 765. The molecule has 130 valence electrons. The van der Waals surface area contributed by atoms with Gasteiger partial charge in [0.25, 0.3) is 11.8 Å². The van der Waals surface area contributed by atoms with Crippen molar-refractivity contribution in [3.05, 3.63) is 54.0 Å². The highest BCUT2D eigenvalue weighted by Crippen LogP contribution is 2.38. The molecule has 1 aliphatic heterocycles. The predicted octanol–water partition coefficient (Wildman–Crippen LogP) is 3.79. The van der Waals surface area contributed by atoms with Crippen LogP contribution in [0.25, 0.3) is 0 Å². The third kappa shape index (κ3) is 3.76. The number of carbonyl (C=O) groups excluding carboxylic acids is 2. The Kier molecular flexibility index (Phi) is 4.30. The molecule has 1 atom stereocenters. The summed E-state index contributed by atoms with van der Waals surface area (Å²) < 4.78 is 5.09. The van der Waals surface area contributed by atoms with Crippen molar-refractivity contribution in [2.45, 2.75) is 25.7 Å². The van der Waals surface area contributed by atoms with Gasteiger partial charge in [0.05, 0.1) is 6.26 Å². The van der Waals surface area contributed by atoms with E-state index in [1.807, 2.05) is 4.90 Å². The third-order valence-electron chi connectivity index (χ3n) is 5.05. The molecule has 0 bridgehead atoms. The van der Waals surface area contributed by atoms with Crippen LogP contribution in [-0.2, 0) is 0 Å². The zero-order chi connectivity index (χ0) is 17.2. The number of carbonyl (C=O) groups is 2. The minimum atomic E-state index is -0.319. The summed E-state index contributed by atoms with van der Waals surface area (Å²) in [4.78, 5) is 26.8. The van der Waals surface area contributed by atoms with E-state index in [9.17, 15) is 9.59 Å².